The summed E-state index contributed by atoms with van der Waals surface area (Å²) in [6.45, 7) is 7.31. The highest BCUT2D eigenvalue weighted by Crippen LogP contribution is 2.27. The standard InChI is InChI=1S/C20H23N5O2S/c1-14-18(28-20(23-14)24-9-11-27-12-10-24)19(26)22-13-16-5-3-4-6-17(16)25-8-7-21-15(25)2/h3-8H,9-13H2,1-2H3,(H,22,26). The number of nitrogens with one attached hydrogen (secondary N) is 1. The molecule has 0 atom stereocenters. The van der Waals surface area contributed by atoms with Gasteiger partial charge in [-0.2, -0.15) is 0 Å². The number of anilines is 1. The molecule has 1 saturated heterocycles. The fourth-order valence-corrected chi connectivity index (χ4v) is 4.30. The molecule has 1 fully saturated rings. The first-order chi connectivity index (χ1) is 13.6. The molecule has 28 heavy (non-hydrogen) atoms. The zero-order chi connectivity index (χ0) is 19.5. The summed E-state index contributed by atoms with van der Waals surface area (Å²) in [6.07, 6.45) is 3.70. The highest BCUT2D eigenvalue weighted by Gasteiger charge is 2.20. The zero-order valence-electron chi connectivity index (χ0n) is 16.0. The maximum absolute atomic E-state index is 12.8. The second-order valence-corrected chi connectivity index (χ2v) is 7.64. The number of hydrogen-bond donors (Lipinski definition) is 1. The number of aromatic nitrogens is 3. The number of hydrogen-bond acceptors (Lipinski definition) is 6. The van der Waals surface area contributed by atoms with E-state index in [1.807, 2.05) is 48.9 Å². The van der Waals surface area contributed by atoms with Gasteiger partial charge in [-0.3, -0.25) is 4.79 Å². The summed E-state index contributed by atoms with van der Waals surface area (Å²) in [5, 5.41) is 3.94. The van der Waals surface area contributed by atoms with E-state index in [1.54, 1.807) is 6.20 Å². The lowest BCUT2D eigenvalue weighted by Crippen LogP contribution is -2.36. The van der Waals surface area contributed by atoms with Gasteiger partial charge in [-0.05, 0) is 25.5 Å². The maximum atomic E-state index is 12.8. The number of benzene rings is 1. The molecule has 0 spiro atoms. The third kappa shape index (κ3) is 3.79. The van der Waals surface area contributed by atoms with Crippen molar-refractivity contribution in [3.05, 3.63) is 58.6 Å². The first kappa shape index (κ1) is 18.6. The van der Waals surface area contributed by atoms with Crippen LogP contribution in [0.5, 0.6) is 0 Å². The molecule has 4 rings (SSSR count). The van der Waals surface area contributed by atoms with Gasteiger partial charge in [-0.25, -0.2) is 9.97 Å². The molecule has 1 N–H and O–H groups in total. The molecule has 0 aliphatic carbocycles. The molecule has 8 heteroatoms. The van der Waals surface area contributed by atoms with Crippen molar-refractivity contribution in [1.29, 1.82) is 0 Å². The number of carbonyl (C=O) groups is 1. The van der Waals surface area contributed by atoms with Gasteiger partial charge in [0.05, 0.1) is 24.6 Å². The van der Waals surface area contributed by atoms with Crippen molar-refractivity contribution in [3.8, 4) is 5.69 Å². The number of morpholine rings is 1. The average molecular weight is 398 g/mol. The second kappa shape index (κ2) is 8.12. The van der Waals surface area contributed by atoms with E-state index in [0.29, 0.717) is 24.6 Å². The molecule has 3 heterocycles. The van der Waals surface area contributed by atoms with Crippen molar-refractivity contribution in [1.82, 2.24) is 19.9 Å². The molecule has 0 unspecified atom stereocenters. The van der Waals surface area contributed by atoms with Gasteiger partial charge in [-0.1, -0.05) is 29.5 Å². The summed E-state index contributed by atoms with van der Waals surface area (Å²) in [7, 11) is 0. The quantitative estimate of drug-likeness (QED) is 0.717. The number of carbonyl (C=O) groups excluding carboxylic acids is 1. The molecule has 0 bridgehead atoms. The normalized spacial score (nSPS) is 14.3. The van der Waals surface area contributed by atoms with Crippen LogP contribution in [0.4, 0.5) is 5.13 Å². The fourth-order valence-electron chi connectivity index (χ4n) is 3.27. The van der Waals surface area contributed by atoms with Gasteiger partial charge in [0.15, 0.2) is 5.13 Å². The number of thiazole rings is 1. The minimum atomic E-state index is -0.0911. The second-order valence-electron chi connectivity index (χ2n) is 6.67. The van der Waals surface area contributed by atoms with Crippen molar-refractivity contribution in [2.45, 2.75) is 20.4 Å². The van der Waals surface area contributed by atoms with E-state index in [1.165, 1.54) is 11.3 Å². The van der Waals surface area contributed by atoms with Gasteiger partial charge in [0.1, 0.15) is 10.7 Å². The number of imidazole rings is 1. The predicted molar refractivity (Wildman–Crippen MR) is 109 cm³/mol. The third-order valence-corrected chi connectivity index (χ3v) is 6.01. The van der Waals surface area contributed by atoms with E-state index in [2.05, 4.69) is 20.2 Å². The summed E-state index contributed by atoms with van der Waals surface area (Å²) in [5.74, 6) is 0.818. The monoisotopic (exact) mass is 397 g/mol. The minimum Gasteiger partial charge on any atom is -0.378 e. The Morgan fingerprint density at radius 2 is 2.04 bits per heavy atom. The Labute approximate surface area is 168 Å². The van der Waals surface area contributed by atoms with E-state index in [0.717, 1.165) is 41.0 Å². The molecule has 7 nitrogen and oxygen atoms in total. The Morgan fingerprint density at radius 3 is 2.79 bits per heavy atom. The molecule has 3 aromatic rings. The van der Waals surface area contributed by atoms with Crippen LogP contribution < -0.4 is 10.2 Å². The van der Waals surface area contributed by atoms with Crippen LogP contribution in [0.1, 0.15) is 26.8 Å². The van der Waals surface area contributed by atoms with Crippen LogP contribution in [0, 0.1) is 13.8 Å². The summed E-state index contributed by atoms with van der Waals surface area (Å²) in [6, 6.07) is 8.02. The van der Waals surface area contributed by atoms with E-state index < -0.39 is 0 Å². The van der Waals surface area contributed by atoms with Gasteiger partial charge < -0.3 is 19.5 Å². The maximum Gasteiger partial charge on any atom is 0.263 e. The van der Waals surface area contributed by atoms with E-state index >= 15 is 0 Å². The Morgan fingerprint density at radius 1 is 1.25 bits per heavy atom. The average Bonchev–Trinajstić information content (AvgIpc) is 3.32. The number of ether oxygens (including phenoxy) is 1. The molecule has 0 radical (unpaired) electrons. The van der Waals surface area contributed by atoms with E-state index in [9.17, 15) is 4.79 Å². The number of amides is 1. The highest BCUT2D eigenvalue weighted by atomic mass is 32.1. The highest BCUT2D eigenvalue weighted by molar-refractivity contribution is 7.17. The SMILES string of the molecule is Cc1nc(N2CCOCC2)sc1C(=O)NCc1ccccc1-n1ccnc1C. The van der Waals surface area contributed by atoms with Gasteiger partial charge in [0, 0.05) is 32.0 Å². The van der Waals surface area contributed by atoms with Crippen LogP contribution in [-0.4, -0.2) is 46.7 Å². The number of aryl methyl sites for hydroxylation is 2. The Hall–Kier alpha value is -2.71. The van der Waals surface area contributed by atoms with E-state index in [-0.39, 0.29) is 5.91 Å². The van der Waals surface area contributed by atoms with Crippen molar-refractivity contribution in [2.24, 2.45) is 0 Å². The van der Waals surface area contributed by atoms with Crippen molar-refractivity contribution >= 4 is 22.4 Å². The van der Waals surface area contributed by atoms with Crippen LogP contribution in [0.25, 0.3) is 5.69 Å². The molecule has 0 saturated carbocycles. The molecule has 1 aromatic carbocycles. The smallest absolute Gasteiger partial charge is 0.263 e. The number of rotatable bonds is 5. The van der Waals surface area contributed by atoms with Crippen LogP contribution in [0.15, 0.2) is 36.7 Å². The van der Waals surface area contributed by atoms with Crippen LogP contribution >= 0.6 is 11.3 Å². The lowest BCUT2D eigenvalue weighted by atomic mass is 10.1. The first-order valence-electron chi connectivity index (χ1n) is 9.30. The van der Waals surface area contributed by atoms with Crippen molar-refractivity contribution in [3.63, 3.8) is 0 Å². The molecular formula is C20H23N5O2S. The predicted octanol–water partition coefficient (Wildman–Crippen LogP) is 2.71. The molecule has 1 amide bonds. The van der Waals surface area contributed by atoms with Crippen LogP contribution in [0.3, 0.4) is 0 Å². The summed E-state index contributed by atoms with van der Waals surface area (Å²) < 4.78 is 7.42. The first-order valence-corrected chi connectivity index (χ1v) is 10.1. The molecule has 146 valence electrons. The summed E-state index contributed by atoms with van der Waals surface area (Å²) in [5.41, 5.74) is 2.82. The largest absolute Gasteiger partial charge is 0.378 e. The van der Waals surface area contributed by atoms with Gasteiger partial charge in [0.2, 0.25) is 0 Å². The van der Waals surface area contributed by atoms with Crippen LogP contribution in [0.2, 0.25) is 0 Å². The lowest BCUT2D eigenvalue weighted by Gasteiger charge is -2.25. The Bertz CT molecular complexity index is 975. The summed E-state index contributed by atoms with van der Waals surface area (Å²) >= 11 is 1.45. The Kier molecular flexibility index (Phi) is 5.40. The molecule has 1 aliphatic heterocycles. The van der Waals surface area contributed by atoms with Gasteiger partial charge >= 0.3 is 0 Å². The molecule has 2 aromatic heterocycles. The van der Waals surface area contributed by atoms with Crippen LogP contribution in [-0.2, 0) is 11.3 Å². The van der Waals surface area contributed by atoms with Crippen molar-refractivity contribution in [2.75, 3.05) is 31.2 Å². The topological polar surface area (TPSA) is 72.3 Å². The van der Waals surface area contributed by atoms with Crippen molar-refractivity contribution < 1.29 is 9.53 Å². The third-order valence-electron chi connectivity index (χ3n) is 4.79. The Balaban J connectivity index is 1.48. The molecule has 1 aliphatic rings. The molecular weight excluding hydrogens is 374 g/mol. The van der Waals surface area contributed by atoms with E-state index in [4.69, 9.17) is 4.74 Å². The minimum absolute atomic E-state index is 0.0911. The summed E-state index contributed by atoms with van der Waals surface area (Å²) in [4.78, 5) is 24.5. The van der Waals surface area contributed by atoms with Gasteiger partial charge in [-0.15, -0.1) is 0 Å². The zero-order valence-corrected chi connectivity index (χ0v) is 16.8. The number of para-hydroxylation sites is 1. The lowest BCUT2D eigenvalue weighted by molar-refractivity contribution is 0.0954. The fraction of sp³-hybridized carbons (Fsp3) is 0.350. The van der Waals surface area contributed by atoms with Gasteiger partial charge in [0.25, 0.3) is 5.91 Å². The number of nitrogens with zero attached hydrogens (tertiary/aromatic N) is 4.